The second kappa shape index (κ2) is 10.2. The van der Waals surface area contributed by atoms with Crippen LogP contribution in [0.15, 0.2) is 16.6 Å². The van der Waals surface area contributed by atoms with Gasteiger partial charge in [0.15, 0.2) is 6.19 Å². The van der Waals surface area contributed by atoms with Crippen molar-refractivity contribution in [3.05, 3.63) is 16.6 Å². The lowest BCUT2D eigenvalue weighted by Crippen LogP contribution is -2.34. The topological polar surface area (TPSA) is 73.1 Å². The van der Waals surface area contributed by atoms with Gasteiger partial charge in [-0.05, 0) is 12.2 Å². The molecule has 19 heavy (non-hydrogen) atoms. The summed E-state index contributed by atoms with van der Waals surface area (Å²) >= 11 is 3.51. The minimum absolute atomic E-state index is 0.353. The molecular weight excluding hydrogens is 278 g/mol. The van der Waals surface area contributed by atoms with Crippen molar-refractivity contribution in [3.63, 3.8) is 0 Å². The van der Waals surface area contributed by atoms with Crippen LogP contribution in [0.5, 0.6) is 0 Å². The van der Waals surface area contributed by atoms with E-state index in [4.69, 9.17) is 11.7 Å². The van der Waals surface area contributed by atoms with E-state index in [1.54, 1.807) is 11.3 Å². The first-order chi connectivity index (χ1) is 9.36. The van der Waals surface area contributed by atoms with Gasteiger partial charge in [0.25, 0.3) is 0 Å². The Bertz CT molecular complexity index is 455. The summed E-state index contributed by atoms with van der Waals surface area (Å²) in [6.45, 7) is 1.01. The molecule has 1 heterocycles. The van der Waals surface area contributed by atoms with E-state index in [-0.39, 0.29) is 0 Å². The number of hydrogen-bond donors (Lipinski definition) is 2. The molecular formula is C12H15N5S2. The van der Waals surface area contributed by atoms with E-state index >= 15 is 0 Å². The smallest absolute Gasteiger partial charge is 0.205 e. The first-order valence-electron chi connectivity index (χ1n) is 5.70. The molecule has 2 N–H and O–H groups in total. The number of aliphatic imine (C=N–C) groups is 1. The van der Waals surface area contributed by atoms with Crippen LogP contribution in [0.4, 0.5) is 0 Å². The van der Waals surface area contributed by atoms with Crippen molar-refractivity contribution in [2.24, 2.45) is 4.99 Å². The Morgan fingerprint density at radius 3 is 3.21 bits per heavy atom. The molecule has 0 aromatic carbocycles. The van der Waals surface area contributed by atoms with Gasteiger partial charge in [0.05, 0.1) is 6.54 Å². The molecule has 0 aliphatic rings. The molecule has 0 aliphatic heterocycles. The number of terminal acetylenes is 1. The standard InChI is InChI=1S/C12H15N5S2/c1-2-4-15-12(17-10-13)16-5-3-7-18-9-11-14-6-8-19-11/h1,6,8H,3-5,7,9H2,(H2,15,16,17). The van der Waals surface area contributed by atoms with Crippen molar-refractivity contribution in [2.75, 3.05) is 18.8 Å². The van der Waals surface area contributed by atoms with E-state index in [2.05, 4.69) is 26.5 Å². The molecule has 0 atom stereocenters. The molecule has 1 aromatic rings. The molecule has 7 heteroatoms. The number of hydrogen-bond acceptors (Lipinski definition) is 5. The number of thioether (sulfide) groups is 1. The van der Waals surface area contributed by atoms with Crippen LogP contribution in [0.1, 0.15) is 11.4 Å². The van der Waals surface area contributed by atoms with E-state index in [9.17, 15) is 0 Å². The number of nitrogens with zero attached hydrogens (tertiary/aromatic N) is 3. The second-order valence-corrected chi connectivity index (χ2v) is 5.44. The van der Waals surface area contributed by atoms with Gasteiger partial charge in [0.2, 0.25) is 5.96 Å². The lowest BCUT2D eigenvalue weighted by Gasteiger charge is -2.04. The Hall–Kier alpha value is -1.70. The van der Waals surface area contributed by atoms with Crippen LogP contribution in [0, 0.1) is 23.8 Å². The average Bonchev–Trinajstić information content (AvgIpc) is 2.93. The average molecular weight is 293 g/mol. The van der Waals surface area contributed by atoms with Crippen molar-refractivity contribution in [3.8, 4) is 18.5 Å². The van der Waals surface area contributed by atoms with Gasteiger partial charge in [-0.2, -0.15) is 17.0 Å². The van der Waals surface area contributed by atoms with Crippen LogP contribution in [-0.4, -0.2) is 29.8 Å². The van der Waals surface area contributed by atoms with E-state index in [1.807, 2.05) is 29.5 Å². The summed E-state index contributed by atoms with van der Waals surface area (Å²) in [5.41, 5.74) is 0. The maximum atomic E-state index is 8.54. The van der Waals surface area contributed by atoms with E-state index in [1.165, 1.54) is 0 Å². The first kappa shape index (κ1) is 15.4. The highest BCUT2D eigenvalue weighted by atomic mass is 32.2. The predicted molar refractivity (Wildman–Crippen MR) is 80.8 cm³/mol. The number of nitriles is 1. The predicted octanol–water partition coefficient (Wildman–Crippen LogP) is 1.42. The van der Waals surface area contributed by atoms with Gasteiger partial charge in [-0.1, -0.05) is 5.92 Å². The van der Waals surface area contributed by atoms with Crippen LogP contribution in [0.3, 0.4) is 0 Å². The minimum Gasteiger partial charge on any atom is -0.345 e. The lowest BCUT2D eigenvalue weighted by atomic mass is 10.5. The largest absolute Gasteiger partial charge is 0.345 e. The summed E-state index contributed by atoms with van der Waals surface area (Å²) in [4.78, 5) is 8.45. The molecule has 0 unspecified atom stereocenters. The van der Waals surface area contributed by atoms with Gasteiger partial charge in [-0.25, -0.2) is 4.98 Å². The quantitative estimate of drug-likeness (QED) is 0.199. The summed E-state index contributed by atoms with van der Waals surface area (Å²) in [6, 6.07) is 0. The normalized spacial score (nSPS) is 10.5. The molecule has 1 aromatic heterocycles. The Morgan fingerprint density at radius 2 is 2.53 bits per heavy atom. The summed E-state index contributed by atoms with van der Waals surface area (Å²) in [6.07, 6.45) is 9.72. The zero-order valence-corrected chi connectivity index (χ0v) is 12.1. The van der Waals surface area contributed by atoms with E-state index in [0.29, 0.717) is 19.0 Å². The third-order valence-electron chi connectivity index (χ3n) is 1.96. The monoisotopic (exact) mass is 293 g/mol. The molecule has 0 bridgehead atoms. The molecule has 0 spiro atoms. The Kier molecular flexibility index (Phi) is 8.28. The number of rotatable bonds is 7. The number of guanidine groups is 1. The van der Waals surface area contributed by atoms with Crippen LogP contribution >= 0.6 is 23.1 Å². The number of thiazole rings is 1. The molecule has 0 aliphatic carbocycles. The molecule has 0 saturated carbocycles. The zero-order chi connectivity index (χ0) is 13.8. The van der Waals surface area contributed by atoms with Gasteiger partial charge in [-0.15, -0.1) is 17.8 Å². The van der Waals surface area contributed by atoms with Crippen LogP contribution < -0.4 is 10.6 Å². The van der Waals surface area contributed by atoms with Crippen LogP contribution in [-0.2, 0) is 5.75 Å². The van der Waals surface area contributed by atoms with Gasteiger partial charge in [0.1, 0.15) is 5.01 Å². The van der Waals surface area contributed by atoms with Crippen molar-refractivity contribution in [1.82, 2.24) is 15.6 Å². The third-order valence-corrected chi connectivity index (χ3v) is 3.98. The SMILES string of the molecule is C#CCNC(=NCCCSCc1nccs1)NC#N. The molecule has 0 amide bonds. The Balaban J connectivity index is 2.13. The van der Waals surface area contributed by atoms with Gasteiger partial charge < -0.3 is 5.32 Å². The maximum absolute atomic E-state index is 8.54. The Morgan fingerprint density at radius 1 is 1.63 bits per heavy atom. The fraction of sp³-hybridized carbons (Fsp3) is 0.417. The summed E-state index contributed by atoms with van der Waals surface area (Å²) in [5.74, 6) is 4.82. The van der Waals surface area contributed by atoms with Crippen LogP contribution in [0.25, 0.3) is 0 Å². The molecule has 5 nitrogen and oxygen atoms in total. The highest BCUT2D eigenvalue weighted by Crippen LogP contribution is 2.14. The van der Waals surface area contributed by atoms with Crippen molar-refractivity contribution in [1.29, 1.82) is 5.26 Å². The Labute approximate surface area is 121 Å². The number of nitrogens with one attached hydrogen (secondary N) is 2. The fourth-order valence-electron chi connectivity index (χ4n) is 1.17. The lowest BCUT2D eigenvalue weighted by molar-refractivity contribution is 0.899. The number of aromatic nitrogens is 1. The van der Waals surface area contributed by atoms with E-state index < -0.39 is 0 Å². The van der Waals surface area contributed by atoms with Crippen molar-refractivity contribution >= 4 is 29.1 Å². The molecule has 0 radical (unpaired) electrons. The summed E-state index contributed by atoms with van der Waals surface area (Å²) in [5, 5.41) is 17.0. The van der Waals surface area contributed by atoms with Crippen LogP contribution in [0.2, 0.25) is 0 Å². The van der Waals surface area contributed by atoms with Gasteiger partial charge in [0, 0.05) is 23.9 Å². The fourth-order valence-corrected chi connectivity index (χ4v) is 2.82. The third kappa shape index (κ3) is 7.35. The zero-order valence-electron chi connectivity index (χ0n) is 10.4. The highest BCUT2D eigenvalue weighted by Gasteiger charge is 1.97. The van der Waals surface area contributed by atoms with Gasteiger partial charge >= 0.3 is 0 Å². The molecule has 0 saturated heterocycles. The maximum Gasteiger partial charge on any atom is 0.205 e. The van der Waals surface area contributed by atoms with Gasteiger partial charge in [-0.3, -0.25) is 10.3 Å². The van der Waals surface area contributed by atoms with Crippen molar-refractivity contribution < 1.29 is 0 Å². The van der Waals surface area contributed by atoms with E-state index in [0.717, 1.165) is 22.9 Å². The molecule has 1 rings (SSSR count). The summed E-state index contributed by atoms with van der Waals surface area (Å²) < 4.78 is 0. The summed E-state index contributed by atoms with van der Waals surface area (Å²) in [7, 11) is 0. The van der Waals surface area contributed by atoms with Crippen molar-refractivity contribution in [2.45, 2.75) is 12.2 Å². The molecule has 0 fully saturated rings. The molecule has 100 valence electrons. The first-order valence-corrected chi connectivity index (χ1v) is 7.73. The highest BCUT2D eigenvalue weighted by molar-refractivity contribution is 7.98. The minimum atomic E-state index is 0.353. The second-order valence-electron chi connectivity index (χ2n) is 3.36.